The zero-order valence-corrected chi connectivity index (χ0v) is 12.2. The first kappa shape index (κ1) is 15.5. The molecule has 0 amide bonds. The number of fused-ring (bicyclic) bond motifs is 1. The Balaban J connectivity index is 2.13. The number of hydrogen-bond acceptors (Lipinski definition) is 2. The van der Waals surface area contributed by atoms with Gasteiger partial charge in [-0.25, -0.2) is 0 Å². The van der Waals surface area contributed by atoms with Gasteiger partial charge in [-0.15, -0.1) is 0 Å². The molecule has 2 aromatic rings. The minimum absolute atomic E-state index is 0.0937. The number of hydrogen-bond donors (Lipinski definition) is 2. The molecule has 2 nitrogen and oxygen atoms in total. The van der Waals surface area contributed by atoms with Crippen molar-refractivity contribution in [2.24, 2.45) is 0 Å². The summed E-state index contributed by atoms with van der Waals surface area (Å²) >= 11 is 0. The summed E-state index contributed by atoms with van der Waals surface area (Å²) in [7, 11) is 0. The van der Waals surface area contributed by atoms with Crippen LogP contribution in [0.1, 0.15) is 35.1 Å². The molecule has 3 rings (SSSR count). The molecule has 0 atom stereocenters. The predicted octanol–water partition coefficient (Wildman–Crippen LogP) is 4.99. The summed E-state index contributed by atoms with van der Waals surface area (Å²) in [5.41, 5.74) is 1.59. The van der Waals surface area contributed by atoms with Gasteiger partial charge in [0.25, 0.3) is 0 Å². The lowest BCUT2D eigenvalue weighted by atomic mass is 9.95. The van der Waals surface area contributed by atoms with E-state index in [4.69, 9.17) is 0 Å². The van der Waals surface area contributed by atoms with E-state index in [9.17, 15) is 23.4 Å². The number of alkyl halides is 3. The molecule has 0 bridgehead atoms. The summed E-state index contributed by atoms with van der Waals surface area (Å²) in [6, 6.07) is 8.24. The molecule has 0 aromatic heterocycles. The Kier molecular flexibility index (Phi) is 3.80. The van der Waals surface area contributed by atoms with Crippen molar-refractivity contribution < 1.29 is 23.4 Å². The topological polar surface area (TPSA) is 40.5 Å². The van der Waals surface area contributed by atoms with Gasteiger partial charge >= 0.3 is 6.18 Å². The molecule has 0 heterocycles. The summed E-state index contributed by atoms with van der Waals surface area (Å²) < 4.78 is 39.8. The van der Waals surface area contributed by atoms with Gasteiger partial charge in [0.05, 0.1) is 5.56 Å². The number of halogens is 3. The molecule has 120 valence electrons. The molecule has 0 fully saturated rings. The molecule has 0 saturated carbocycles. The Morgan fingerprint density at radius 1 is 0.870 bits per heavy atom. The van der Waals surface area contributed by atoms with E-state index >= 15 is 0 Å². The number of aromatic hydroxyl groups is 2. The number of allylic oxidation sites excluding steroid dienone is 1. The van der Waals surface area contributed by atoms with E-state index in [1.807, 2.05) is 0 Å². The zero-order chi connectivity index (χ0) is 16.6. The van der Waals surface area contributed by atoms with Crippen molar-refractivity contribution in [1.82, 2.24) is 0 Å². The molecular formula is C18H15F3O2. The van der Waals surface area contributed by atoms with Crippen LogP contribution < -0.4 is 0 Å². The second-order valence-electron chi connectivity index (χ2n) is 5.63. The van der Waals surface area contributed by atoms with Gasteiger partial charge in [0.1, 0.15) is 11.5 Å². The van der Waals surface area contributed by atoms with E-state index in [1.165, 1.54) is 18.2 Å². The normalized spacial score (nSPS) is 14.8. The Hall–Kier alpha value is -2.43. The maximum Gasteiger partial charge on any atom is 0.417 e. The van der Waals surface area contributed by atoms with Crippen LogP contribution in [0.25, 0.3) is 11.6 Å². The van der Waals surface area contributed by atoms with Crippen LogP contribution in [0.5, 0.6) is 11.5 Å². The number of aryl methyl sites for hydroxylation is 1. The summed E-state index contributed by atoms with van der Waals surface area (Å²) in [6.45, 7) is 0. The van der Waals surface area contributed by atoms with Crippen LogP contribution in [0.2, 0.25) is 0 Å². The minimum atomic E-state index is -4.53. The third-order valence-corrected chi connectivity index (χ3v) is 4.00. The molecule has 0 aliphatic heterocycles. The molecule has 0 spiro atoms. The largest absolute Gasteiger partial charge is 0.508 e. The van der Waals surface area contributed by atoms with Gasteiger partial charge in [-0.1, -0.05) is 18.2 Å². The van der Waals surface area contributed by atoms with Crippen molar-refractivity contribution in [3.63, 3.8) is 0 Å². The van der Waals surface area contributed by atoms with Crippen LogP contribution in [0.3, 0.4) is 0 Å². The minimum Gasteiger partial charge on any atom is -0.508 e. The average Bonchev–Trinajstić information content (AvgIpc) is 2.68. The van der Waals surface area contributed by atoms with E-state index in [1.54, 1.807) is 18.2 Å². The molecule has 2 aromatic carbocycles. The van der Waals surface area contributed by atoms with E-state index in [2.05, 4.69) is 0 Å². The molecule has 0 unspecified atom stereocenters. The fourth-order valence-corrected chi connectivity index (χ4v) is 2.94. The molecule has 2 N–H and O–H groups in total. The molecule has 0 saturated heterocycles. The van der Waals surface area contributed by atoms with Crippen LogP contribution >= 0.6 is 0 Å². The van der Waals surface area contributed by atoms with E-state index in [-0.39, 0.29) is 11.3 Å². The Morgan fingerprint density at radius 3 is 2.30 bits per heavy atom. The molecule has 5 heteroatoms. The first-order chi connectivity index (χ1) is 10.8. The fourth-order valence-electron chi connectivity index (χ4n) is 2.94. The summed E-state index contributed by atoms with van der Waals surface area (Å²) in [6.07, 6.45) is -0.894. The maximum absolute atomic E-state index is 13.3. The molecule has 0 radical (unpaired) electrons. The van der Waals surface area contributed by atoms with Crippen LogP contribution in [0.4, 0.5) is 13.2 Å². The summed E-state index contributed by atoms with van der Waals surface area (Å²) in [4.78, 5) is 0. The van der Waals surface area contributed by atoms with Crippen molar-refractivity contribution in [2.75, 3.05) is 0 Å². The fraction of sp³-hybridized carbons (Fsp3) is 0.222. The second kappa shape index (κ2) is 5.65. The molecule has 23 heavy (non-hydrogen) atoms. The average molecular weight is 320 g/mol. The smallest absolute Gasteiger partial charge is 0.417 e. The Morgan fingerprint density at radius 2 is 1.57 bits per heavy atom. The van der Waals surface area contributed by atoms with Crippen molar-refractivity contribution in [1.29, 1.82) is 0 Å². The van der Waals surface area contributed by atoms with E-state index < -0.39 is 17.5 Å². The van der Waals surface area contributed by atoms with Crippen molar-refractivity contribution in [3.8, 4) is 11.5 Å². The monoisotopic (exact) mass is 320 g/mol. The third kappa shape index (κ3) is 3.18. The summed E-state index contributed by atoms with van der Waals surface area (Å²) in [5, 5.41) is 18.9. The van der Waals surface area contributed by atoms with Crippen LogP contribution in [-0.4, -0.2) is 10.2 Å². The van der Waals surface area contributed by atoms with Crippen molar-refractivity contribution in [3.05, 3.63) is 58.7 Å². The van der Waals surface area contributed by atoms with Crippen LogP contribution in [-0.2, 0) is 12.6 Å². The number of benzene rings is 2. The zero-order valence-electron chi connectivity index (χ0n) is 12.2. The Labute approximate surface area is 131 Å². The first-order valence-corrected chi connectivity index (χ1v) is 7.27. The van der Waals surface area contributed by atoms with Crippen molar-refractivity contribution in [2.45, 2.75) is 25.4 Å². The number of rotatable bonds is 1. The van der Waals surface area contributed by atoms with Gasteiger partial charge in [0.2, 0.25) is 0 Å². The number of phenols is 2. The molecule has 1 aliphatic carbocycles. The predicted molar refractivity (Wildman–Crippen MR) is 82.0 cm³/mol. The first-order valence-electron chi connectivity index (χ1n) is 7.27. The van der Waals surface area contributed by atoms with E-state index in [0.29, 0.717) is 24.8 Å². The van der Waals surface area contributed by atoms with Gasteiger partial charge in [-0.05, 0) is 65.8 Å². The lowest BCUT2D eigenvalue weighted by Gasteiger charge is -2.15. The molecular weight excluding hydrogens is 305 g/mol. The van der Waals surface area contributed by atoms with Gasteiger partial charge in [0, 0.05) is 0 Å². The SMILES string of the molecule is Oc1ccc2c(c1)CCCC(c1ccc(O)cc1C(F)(F)F)=C2. The highest BCUT2D eigenvalue weighted by atomic mass is 19.4. The highest BCUT2D eigenvalue weighted by Crippen LogP contribution is 2.40. The lowest BCUT2D eigenvalue weighted by molar-refractivity contribution is -0.137. The van der Waals surface area contributed by atoms with E-state index in [0.717, 1.165) is 17.2 Å². The van der Waals surface area contributed by atoms with Gasteiger partial charge in [0.15, 0.2) is 0 Å². The van der Waals surface area contributed by atoms with Gasteiger partial charge in [-0.3, -0.25) is 0 Å². The highest BCUT2D eigenvalue weighted by Gasteiger charge is 2.34. The second-order valence-corrected chi connectivity index (χ2v) is 5.63. The summed E-state index contributed by atoms with van der Waals surface area (Å²) in [5.74, 6) is -0.248. The van der Waals surface area contributed by atoms with Crippen molar-refractivity contribution >= 4 is 11.6 Å². The number of phenolic OH excluding ortho intramolecular Hbond substituents is 2. The maximum atomic E-state index is 13.3. The standard InChI is InChI=1S/C18H15F3O2/c19-18(20,21)17-10-15(23)6-7-16(17)13-3-1-2-11-9-14(22)5-4-12(11)8-13/h4-10,22-23H,1-3H2. The molecule has 1 aliphatic rings. The van der Waals surface area contributed by atoms with Crippen LogP contribution in [0.15, 0.2) is 36.4 Å². The lowest BCUT2D eigenvalue weighted by Crippen LogP contribution is -2.08. The van der Waals surface area contributed by atoms with Crippen LogP contribution in [0, 0.1) is 0 Å². The van der Waals surface area contributed by atoms with Gasteiger partial charge < -0.3 is 10.2 Å². The quantitative estimate of drug-likeness (QED) is 0.777. The highest BCUT2D eigenvalue weighted by molar-refractivity contribution is 5.84. The van der Waals surface area contributed by atoms with Gasteiger partial charge in [-0.2, -0.15) is 13.2 Å². The Bertz CT molecular complexity index is 776. The third-order valence-electron chi connectivity index (χ3n) is 4.00.